The molecular weight excluding hydrogens is 244 g/mol. The Balaban J connectivity index is 2.36. The molecule has 18 heavy (non-hydrogen) atoms. The molecular formula is C13H20N4S. The molecule has 0 radical (unpaired) electrons. The summed E-state index contributed by atoms with van der Waals surface area (Å²) in [5, 5.41) is 2.14. The van der Waals surface area contributed by atoms with Gasteiger partial charge in [-0.2, -0.15) is 0 Å². The molecule has 98 valence electrons. The zero-order valence-electron chi connectivity index (χ0n) is 11.0. The number of hydrogen-bond donors (Lipinski definition) is 1. The van der Waals surface area contributed by atoms with Crippen LogP contribution >= 0.6 is 11.3 Å². The number of unbranched alkanes of at least 4 members (excludes halogenated alkanes) is 1. The molecule has 2 aromatic heterocycles. The predicted octanol–water partition coefficient (Wildman–Crippen LogP) is 2.56. The zero-order chi connectivity index (χ0) is 13.0. The van der Waals surface area contributed by atoms with Crippen LogP contribution in [0.15, 0.2) is 11.7 Å². The number of rotatable bonds is 6. The van der Waals surface area contributed by atoms with Gasteiger partial charge in [0.2, 0.25) is 0 Å². The van der Waals surface area contributed by atoms with Gasteiger partial charge in [0, 0.05) is 19.6 Å². The van der Waals surface area contributed by atoms with Crippen molar-refractivity contribution in [2.75, 3.05) is 24.5 Å². The topological polar surface area (TPSA) is 55.0 Å². The fourth-order valence-electron chi connectivity index (χ4n) is 2.01. The zero-order valence-corrected chi connectivity index (χ0v) is 11.8. The van der Waals surface area contributed by atoms with Gasteiger partial charge < -0.3 is 10.6 Å². The van der Waals surface area contributed by atoms with Crippen LogP contribution in [-0.4, -0.2) is 29.6 Å². The van der Waals surface area contributed by atoms with E-state index in [0.717, 1.165) is 30.8 Å². The Hall–Kier alpha value is -1.20. The molecule has 5 heteroatoms. The maximum atomic E-state index is 5.71. The number of aromatic nitrogens is 2. The molecule has 2 rings (SSSR count). The molecule has 0 fully saturated rings. The van der Waals surface area contributed by atoms with Gasteiger partial charge in [0.25, 0.3) is 0 Å². The fourth-order valence-corrected chi connectivity index (χ4v) is 3.03. The first kappa shape index (κ1) is 13.2. The number of nitrogens with two attached hydrogens (primary N) is 1. The number of fused-ring (bicyclic) bond motifs is 1. The van der Waals surface area contributed by atoms with E-state index in [-0.39, 0.29) is 0 Å². The van der Waals surface area contributed by atoms with Gasteiger partial charge in [-0.3, -0.25) is 0 Å². The van der Waals surface area contributed by atoms with Gasteiger partial charge in [-0.1, -0.05) is 13.3 Å². The van der Waals surface area contributed by atoms with Crippen LogP contribution in [0, 0.1) is 6.92 Å². The van der Waals surface area contributed by atoms with E-state index in [1.54, 1.807) is 17.7 Å². The minimum Gasteiger partial charge on any atom is -0.354 e. The second-order valence-corrected chi connectivity index (χ2v) is 5.30. The lowest BCUT2D eigenvalue weighted by Crippen LogP contribution is -2.31. The molecule has 0 bridgehead atoms. The Morgan fingerprint density at radius 3 is 2.89 bits per heavy atom. The van der Waals surface area contributed by atoms with Crippen molar-refractivity contribution in [3.63, 3.8) is 0 Å². The smallest absolute Gasteiger partial charge is 0.150 e. The van der Waals surface area contributed by atoms with E-state index in [1.807, 2.05) is 0 Å². The summed E-state index contributed by atoms with van der Waals surface area (Å²) in [5.74, 6) is 1.04. The molecule has 0 saturated heterocycles. The fraction of sp³-hybridized carbons (Fsp3) is 0.538. The van der Waals surface area contributed by atoms with E-state index in [2.05, 4.69) is 34.1 Å². The van der Waals surface area contributed by atoms with Crippen molar-refractivity contribution in [3.05, 3.63) is 17.3 Å². The largest absolute Gasteiger partial charge is 0.354 e. The maximum absolute atomic E-state index is 5.71. The number of nitrogens with zero attached hydrogens (tertiary/aromatic N) is 3. The first-order valence-electron chi connectivity index (χ1n) is 6.41. The lowest BCUT2D eigenvalue weighted by molar-refractivity contribution is 0.710. The van der Waals surface area contributed by atoms with Gasteiger partial charge in [0.05, 0.1) is 10.2 Å². The molecule has 0 aliphatic heterocycles. The van der Waals surface area contributed by atoms with Gasteiger partial charge in [-0.05, 0) is 24.3 Å². The highest BCUT2D eigenvalue weighted by molar-refractivity contribution is 7.18. The van der Waals surface area contributed by atoms with E-state index < -0.39 is 0 Å². The SMILES string of the molecule is CCCCN(CCN)c1ncnc2c(C)csc12. The van der Waals surface area contributed by atoms with Crippen LogP contribution in [0.3, 0.4) is 0 Å². The highest BCUT2D eigenvalue weighted by Crippen LogP contribution is 2.30. The van der Waals surface area contributed by atoms with E-state index >= 15 is 0 Å². The monoisotopic (exact) mass is 264 g/mol. The molecule has 2 heterocycles. The van der Waals surface area contributed by atoms with Crippen LogP contribution in [-0.2, 0) is 0 Å². The minimum atomic E-state index is 0.652. The molecule has 0 saturated carbocycles. The summed E-state index contributed by atoms with van der Waals surface area (Å²) in [4.78, 5) is 11.1. The van der Waals surface area contributed by atoms with Crippen molar-refractivity contribution < 1.29 is 0 Å². The lowest BCUT2D eigenvalue weighted by Gasteiger charge is -2.23. The molecule has 2 N–H and O–H groups in total. The van der Waals surface area contributed by atoms with Crippen LogP contribution in [0.5, 0.6) is 0 Å². The van der Waals surface area contributed by atoms with Gasteiger partial charge in [0.1, 0.15) is 12.1 Å². The number of anilines is 1. The van der Waals surface area contributed by atoms with E-state index in [0.29, 0.717) is 6.54 Å². The Morgan fingerprint density at radius 1 is 1.33 bits per heavy atom. The normalized spacial score (nSPS) is 11.1. The molecule has 0 spiro atoms. The Labute approximate surface area is 112 Å². The minimum absolute atomic E-state index is 0.652. The molecule has 0 unspecified atom stereocenters. The third-order valence-electron chi connectivity index (χ3n) is 2.99. The molecule has 4 nitrogen and oxygen atoms in total. The molecule has 2 aromatic rings. The predicted molar refractivity (Wildman–Crippen MR) is 78.3 cm³/mol. The van der Waals surface area contributed by atoms with Crippen LogP contribution in [0.1, 0.15) is 25.3 Å². The standard InChI is InChI=1S/C13H20N4S/c1-3-4-6-17(7-5-14)13-12-11(15-9-16-13)10(2)8-18-12/h8-9H,3-7,14H2,1-2H3. The summed E-state index contributed by atoms with van der Waals surface area (Å²) in [6.45, 7) is 6.81. The molecule has 0 aromatic carbocycles. The van der Waals surface area contributed by atoms with Crippen LogP contribution in [0.4, 0.5) is 5.82 Å². The number of hydrogen-bond acceptors (Lipinski definition) is 5. The van der Waals surface area contributed by atoms with Crippen molar-refractivity contribution >= 4 is 27.4 Å². The third kappa shape index (κ3) is 2.62. The van der Waals surface area contributed by atoms with Gasteiger partial charge >= 0.3 is 0 Å². The summed E-state index contributed by atoms with van der Waals surface area (Å²) in [6, 6.07) is 0. The highest BCUT2D eigenvalue weighted by Gasteiger charge is 2.13. The summed E-state index contributed by atoms with van der Waals surface area (Å²) >= 11 is 1.72. The van der Waals surface area contributed by atoms with E-state index in [4.69, 9.17) is 5.73 Å². The van der Waals surface area contributed by atoms with Gasteiger partial charge in [-0.15, -0.1) is 11.3 Å². The molecule has 0 atom stereocenters. The van der Waals surface area contributed by atoms with Crippen molar-refractivity contribution in [2.45, 2.75) is 26.7 Å². The summed E-state index contributed by atoms with van der Waals surface area (Å²) in [5.41, 5.74) is 8.00. The Morgan fingerprint density at radius 2 is 2.17 bits per heavy atom. The average molecular weight is 264 g/mol. The second kappa shape index (κ2) is 6.11. The summed E-state index contributed by atoms with van der Waals surface area (Å²) in [7, 11) is 0. The van der Waals surface area contributed by atoms with Gasteiger partial charge in [-0.25, -0.2) is 9.97 Å². The van der Waals surface area contributed by atoms with Crippen LogP contribution in [0.25, 0.3) is 10.2 Å². The van der Waals surface area contributed by atoms with Crippen molar-refractivity contribution in [2.24, 2.45) is 5.73 Å². The second-order valence-electron chi connectivity index (χ2n) is 4.42. The van der Waals surface area contributed by atoms with Crippen LogP contribution in [0.2, 0.25) is 0 Å². The van der Waals surface area contributed by atoms with Crippen molar-refractivity contribution in [3.8, 4) is 0 Å². The first-order valence-corrected chi connectivity index (χ1v) is 7.29. The van der Waals surface area contributed by atoms with E-state index in [9.17, 15) is 0 Å². The number of thiophene rings is 1. The van der Waals surface area contributed by atoms with E-state index in [1.165, 1.54) is 16.7 Å². The highest BCUT2D eigenvalue weighted by atomic mass is 32.1. The quantitative estimate of drug-likeness (QED) is 0.871. The summed E-state index contributed by atoms with van der Waals surface area (Å²) in [6.07, 6.45) is 4.00. The molecule has 0 amide bonds. The third-order valence-corrected chi connectivity index (χ3v) is 4.08. The van der Waals surface area contributed by atoms with Crippen molar-refractivity contribution in [1.82, 2.24) is 9.97 Å². The number of aryl methyl sites for hydroxylation is 1. The average Bonchev–Trinajstić information content (AvgIpc) is 2.77. The molecule has 0 aliphatic carbocycles. The maximum Gasteiger partial charge on any atom is 0.150 e. The Kier molecular flexibility index (Phi) is 4.49. The summed E-state index contributed by atoms with van der Waals surface area (Å²) < 4.78 is 1.18. The lowest BCUT2D eigenvalue weighted by atomic mass is 10.3. The van der Waals surface area contributed by atoms with Gasteiger partial charge in [0.15, 0.2) is 0 Å². The van der Waals surface area contributed by atoms with Crippen LogP contribution < -0.4 is 10.6 Å². The Bertz CT molecular complexity index is 509. The first-order chi connectivity index (χ1) is 8.77. The van der Waals surface area contributed by atoms with Crippen molar-refractivity contribution in [1.29, 1.82) is 0 Å². The molecule has 0 aliphatic rings.